The molecule has 0 aromatic rings. The van der Waals surface area contributed by atoms with Crippen molar-refractivity contribution in [1.82, 2.24) is 10.6 Å². The molecule has 18 heavy (non-hydrogen) atoms. The molecular formula is C13H24N2O2S. The molecule has 0 aromatic heterocycles. The van der Waals surface area contributed by atoms with Gasteiger partial charge in [0.2, 0.25) is 0 Å². The maximum atomic E-state index is 11.8. The van der Waals surface area contributed by atoms with Gasteiger partial charge in [0.1, 0.15) is 0 Å². The normalized spacial score (nSPS) is 36.3. The number of urea groups is 1. The number of hydrogen-bond donors (Lipinski definition) is 3. The molecule has 3 N–H and O–H groups in total. The summed E-state index contributed by atoms with van der Waals surface area (Å²) in [6.07, 6.45) is 5.53. The summed E-state index contributed by atoms with van der Waals surface area (Å²) in [4.78, 5) is 11.8. The molecule has 104 valence electrons. The number of nitrogens with one attached hydrogen (secondary N) is 2. The summed E-state index contributed by atoms with van der Waals surface area (Å²) in [6.45, 7) is 2.57. The first-order valence-electron chi connectivity index (χ1n) is 6.94. The van der Waals surface area contributed by atoms with Crippen LogP contribution in [0.5, 0.6) is 0 Å². The number of carbonyl (C=O) groups is 1. The van der Waals surface area contributed by atoms with Gasteiger partial charge in [0.25, 0.3) is 0 Å². The maximum absolute atomic E-state index is 11.8. The average Bonchev–Trinajstić information content (AvgIpc) is 2.77. The fourth-order valence-electron chi connectivity index (χ4n) is 2.73. The van der Waals surface area contributed by atoms with Crippen LogP contribution in [0.2, 0.25) is 0 Å². The van der Waals surface area contributed by atoms with Crippen LogP contribution in [0.15, 0.2) is 0 Å². The second-order valence-electron chi connectivity index (χ2n) is 5.72. The van der Waals surface area contributed by atoms with E-state index in [1.165, 1.54) is 19.3 Å². The Morgan fingerprint density at radius 2 is 2.22 bits per heavy atom. The average molecular weight is 272 g/mol. The van der Waals surface area contributed by atoms with Gasteiger partial charge in [-0.05, 0) is 30.9 Å². The molecule has 0 aromatic carbocycles. The van der Waals surface area contributed by atoms with Gasteiger partial charge in [0.15, 0.2) is 0 Å². The molecule has 2 fully saturated rings. The molecule has 1 aliphatic carbocycles. The van der Waals surface area contributed by atoms with E-state index in [4.69, 9.17) is 0 Å². The van der Waals surface area contributed by atoms with E-state index in [-0.39, 0.29) is 6.03 Å². The number of hydrogen-bond acceptors (Lipinski definition) is 3. The third kappa shape index (κ3) is 3.79. The zero-order valence-corrected chi connectivity index (χ0v) is 11.9. The zero-order valence-electron chi connectivity index (χ0n) is 11.1. The molecule has 0 spiro atoms. The molecule has 4 nitrogen and oxygen atoms in total. The Kier molecular flexibility index (Phi) is 4.78. The van der Waals surface area contributed by atoms with Crippen LogP contribution in [0, 0.1) is 5.92 Å². The van der Waals surface area contributed by atoms with E-state index >= 15 is 0 Å². The van der Waals surface area contributed by atoms with E-state index in [1.54, 1.807) is 11.8 Å². The van der Waals surface area contributed by atoms with Crippen LogP contribution in [0.3, 0.4) is 0 Å². The van der Waals surface area contributed by atoms with Crippen molar-refractivity contribution in [2.75, 3.05) is 18.1 Å². The first-order valence-corrected chi connectivity index (χ1v) is 8.09. The summed E-state index contributed by atoms with van der Waals surface area (Å²) >= 11 is 1.75. The molecule has 3 unspecified atom stereocenters. The van der Waals surface area contributed by atoms with Crippen LogP contribution in [-0.4, -0.2) is 40.8 Å². The summed E-state index contributed by atoms with van der Waals surface area (Å²) in [5.41, 5.74) is -0.694. The van der Waals surface area contributed by atoms with Crippen LogP contribution < -0.4 is 10.6 Å². The van der Waals surface area contributed by atoms with E-state index < -0.39 is 5.60 Å². The lowest BCUT2D eigenvalue weighted by atomic mass is 9.86. The van der Waals surface area contributed by atoms with E-state index in [9.17, 15) is 9.90 Å². The number of aliphatic hydroxyl groups is 1. The van der Waals surface area contributed by atoms with E-state index in [0.717, 1.165) is 24.3 Å². The minimum Gasteiger partial charge on any atom is -0.387 e. The fourth-order valence-corrected chi connectivity index (χ4v) is 4.03. The van der Waals surface area contributed by atoms with Gasteiger partial charge in [-0.1, -0.05) is 19.8 Å². The predicted octanol–water partition coefficient (Wildman–Crippen LogP) is 1.73. The highest BCUT2D eigenvalue weighted by atomic mass is 32.2. The lowest BCUT2D eigenvalue weighted by Gasteiger charge is -2.30. The fraction of sp³-hybridized carbons (Fsp3) is 0.923. The van der Waals surface area contributed by atoms with Crippen LogP contribution in [0.1, 0.15) is 39.0 Å². The van der Waals surface area contributed by atoms with E-state index in [2.05, 4.69) is 17.6 Å². The zero-order chi connectivity index (χ0) is 13.0. The van der Waals surface area contributed by atoms with Crippen molar-refractivity contribution in [2.45, 2.75) is 50.7 Å². The maximum Gasteiger partial charge on any atom is 0.315 e. The van der Waals surface area contributed by atoms with Gasteiger partial charge in [-0.3, -0.25) is 0 Å². The molecule has 5 heteroatoms. The molecule has 1 saturated heterocycles. The van der Waals surface area contributed by atoms with Crippen LogP contribution in [0.25, 0.3) is 0 Å². The molecule has 2 aliphatic rings. The van der Waals surface area contributed by atoms with E-state index in [0.29, 0.717) is 18.5 Å². The Balaban J connectivity index is 1.71. The van der Waals surface area contributed by atoms with Gasteiger partial charge in [-0.2, -0.15) is 11.8 Å². The molecule has 1 aliphatic heterocycles. The smallest absolute Gasteiger partial charge is 0.315 e. The quantitative estimate of drug-likeness (QED) is 0.733. The summed E-state index contributed by atoms with van der Waals surface area (Å²) in [5.74, 6) is 2.28. The highest BCUT2D eigenvalue weighted by Crippen LogP contribution is 2.27. The summed E-state index contributed by atoms with van der Waals surface area (Å²) in [6, 6.07) is 0.172. The van der Waals surface area contributed by atoms with Crippen LogP contribution >= 0.6 is 11.8 Å². The molecule has 1 saturated carbocycles. The molecule has 0 bridgehead atoms. The molecule has 1 heterocycles. The topological polar surface area (TPSA) is 61.4 Å². The van der Waals surface area contributed by atoms with Crippen molar-refractivity contribution in [1.29, 1.82) is 0 Å². The Labute approximate surface area is 113 Å². The van der Waals surface area contributed by atoms with Crippen molar-refractivity contribution in [3.05, 3.63) is 0 Å². The molecule has 0 radical (unpaired) electrons. The van der Waals surface area contributed by atoms with Gasteiger partial charge in [0.05, 0.1) is 5.60 Å². The highest BCUT2D eigenvalue weighted by molar-refractivity contribution is 7.99. The van der Waals surface area contributed by atoms with Crippen molar-refractivity contribution >= 4 is 17.8 Å². The Morgan fingerprint density at radius 3 is 2.89 bits per heavy atom. The number of thioether (sulfide) groups is 1. The number of amides is 2. The SMILES string of the molecule is CC1CCCCC1NC(=O)NCC1(O)CCSC1. The first kappa shape index (κ1) is 14.0. The first-order chi connectivity index (χ1) is 8.59. The molecule has 3 atom stereocenters. The minimum absolute atomic E-state index is 0.126. The van der Waals surface area contributed by atoms with Crippen molar-refractivity contribution in [3.8, 4) is 0 Å². The Morgan fingerprint density at radius 1 is 1.44 bits per heavy atom. The van der Waals surface area contributed by atoms with E-state index in [1.807, 2.05) is 0 Å². The van der Waals surface area contributed by atoms with Gasteiger partial charge in [-0.25, -0.2) is 4.79 Å². The van der Waals surface area contributed by atoms with Gasteiger partial charge < -0.3 is 15.7 Å². The molecular weight excluding hydrogens is 248 g/mol. The van der Waals surface area contributed by atoms with Crippen molar-refractivity contribution in [2.24, 2.45) is 5.92 Å². The number of carbonyl (C=O) groups excluding carboxylic acids is 1. The second-order valence-corrected chi connectivity index (χ2v) is 6.83. The Hall–Kier alpha value is -0.420. The van der Waals surface area contributed by atoms with Crippen LogP contribution in [-0.2, 0) is 0 Å². The summed E-state index contributed by atoms with van der Waals surface area (Å²) < 4.78 is 0. The third-order valence-electron chi connectivity index (χ3n) is 4.09. The van der Waals surface area contributed by atoms with Crippen LogP contribution in [0.4, 0.5) is 4.79 Å². The summed E-state index contributed by atoms with van der Waals surface area (Å²) in [5, 5.41) is 16.0. The number of rotatable bonds is 3. The highest BCUT2D eigenvalue weighted by Gasteiger charge is 2.32. The molecule has 2 rings (SSSR count). The monoisotopic (exact) mass is 272 g/mol. The standard InChI is InChI=1S/C13H24N2O2S/c1-10-4-2-3-5-11(10)15-12(16)14-8-13(17)6-7-18-9-13/h10-11,17H,2-9H2,1H3,(H2,14,15,16). The van der Waals surface area contributed by atoms with Gasteiger partial charge in [-0.15, -0.1) is 0 Å². The van der Waals surface area contributed by atoms with Gasteiger partial charge >= 0.3 is 6.03 Å². The summed E-state index contributed by atoms with van der Waals surface area (Å²) in [7, 11) is 0. The second kappa shape index (κ2) is 6.15. The molecule has 2 amide bonds. The largest absolute Gasteiger partial charge is 0.387 e. The lowest BCUT2D eigenvalue weighted by molar-refractivity contribution is 0.0696. The Bertz CT molecular complexity index is 293. The third-order valence-corrected chi connectivity index (χ3v) is 5.32. The van der Waals surface area contributed by atoms with Crippen molar-refractivity contribution < 1.29 is 9.90 Å². The predicted molar refractivity (Wildman–Crippen MR) is 74.8 cm³/mol. The van der Waals surface area contributed by atoms with Gasteiger partial charge in [0, 0.05) is 18.3 Å². The van der Waals surface area contributed by atoms with Crippen molar-refractivity contribution in [3.63, 3.8) is 0 Å². The minimum atomic E-state index is -0.694. The lowest BCUT2D eigenvalue weighted by Crippen LogP contribution is -2.50.